The van der Waals surface area contributed by atoms with Gasteiger partial charge in [-0.15, -0.1) is 0 Å². The first-order chi connectivity index (χ1) is 17.7. The largest absolute Gasteiger partial charge is 0.461 e. The van der Waals surface area contributed by atoms with Crippen molar-refractivity contribution >= 4 is 23.5 Å². The second kappa shape index (κ2) is 9.72. The molecular weight excluding hydrogens is 472 g/mol. The number of benzene rings is 1. The first-order valence-corrected chi connectivity index (χ1v) is 13.3. The number of carbonyl (C=O) groups excluding carboxylic acids is 3. The van der Waals surface area contributed by atoms with Gasteiger partial charge in [-0.05, 0) is 56.9 Å². The van der Waals surface area contributed by atoms with Crippen LogP contribution in [0.1, 0.15) is 43.7 Å². The molecule has 5 atom stereocenters. The molecular formula is C29H36N2O6. The van der Waals surface area contributed by atoms with E-state index in [0.717, 1.165) is 29.7 Å². The highest BCUT2D eigenvalue weighted by atomic mass is 16.6. The lowest BCUT2D eigenvalue weighted by Gasteiger charge is -2.37. The van der Waals surface area contributed by atoms with Crippen LogP contribution >= 0.6 is 0 Å². The number of hydrogen-bond acceptors (Lipinski definition) is 6. The first-order valence-electron chi connectivity index (χ1n) is 13.3. The maximum atomic E-state index is 14.4. The van der Waals surface area contributed by atoms with E-state index in [2.05, 4.69) is 0 Å². The molecule has 1 N–H and O–H groups in total. The van der Waals surface area contributed by atoms with E-state index in [1.165, 1.54) is 0 Å². The Morgan fingerprint density at radius 1 is 1.00 bits per heavy atom. The quantitative estimate of drug-likeness (QED) is 0.346. The lowest BCUT2D eigenvalue weighted by atomic mass is 9.75. The molecule has 0 saturated carbocycles. The van der Waals surface area contributed by atoms with Crippen molar-refractivity contribution in [2.75, 3.05) is 31.2 Å². The van der Waals surface area contributed by atoms with Gasteiger partial charge < -0.3 is 24.4 Å². The number of aliphatic hydroxyl groups is 1. The zero-order valence-electron chi connectivity index (χ0n) is 21.8. The predicted octanol–water partition coefficient (Wildman–Crippen LogP) is 2.84. The van der Waals surface area contributed by atoms with Crippen LogP contribution in [0, 0.1) is 25.7 Å². The first kappa shape index (κ1) is 25.7. The molecule has 0 aliphatic carbocycles. The van der Waals surface area contributed by atoms with Crippen LogP contribution in [0.5, 0.6) is 0 Å². The molecule has 4 aliphatic rings. The Labute approximate surface area is 217 Å². The molecule has 1 spiro atoms. The Morgan fingerprint density at radius 2 is 1.78 bits per heavy atom. The van der Waals surface area contributed by atoms with Gasteiger partial charge >= 0.3 is 5.97 Å². The number of esters is 1. The van der Waals surface area contributed by atoms with Gasteiger partial charge in [0.15, 0.2) is 0 Å². The third kappa shape index (κ3) is 4.10. The van der Waals surface area contributed by atoms with Crippen LogP contribution in [0.4, 0.5) is 5.69 Å². The van der Waals surface area contributed by atoms with E-state index in [0.29, 0.717) is 25.9 Å². The number of carbonyl (C=O) groups is 3. The summed E-state index contributed by atoms with van der Waals surface area (Å²) >= 11 is 0. The normalized spacial score (nSPS) is 32.6. The lowest BCUT2D eigenvalue weighted by Crippen LogP contribution is -2.56. The summed E-state index contributed by atoms with van der Waals surface area (Å²) in [6.07, 6.45) is 10.4. The highest BCUT2D eigenvalue weighted by Crippen LogP contribution is 2.57. The topological polar surface area (TPSA) is 96.4 Å². The number of amides is 2. The van der Waals surface area contributed by atoms with Gasteiger partial charge in [-0.3, -0.25) is 14.4 Å². The number of anilines is 1. The summed E-state index contributed by atoms with van der Waals surface area (Å²) in [6, 6.07) is 5.11. The van der Waals surface area contributed by atoms with Gasteiger partial charge in [-0.1, -0.05) is 43.2 Å². The highest BCUT2D eigenvalue weighted by Gasteiger charge is 2.74. The van der Waals surface area contributed by atoms with E-state index in [9.17, 15) is 14.4 Å². The molecule has 4 aliphatic heterocycles. The highest BCUT2D eigenvalue weighted by molar-refractivity contribution is 6.06. The molecule has 1 aromatic carbocycles. The van der Waals surface area contributed by atoms with Crippen LogP contribution in [-0.4, -0.2) is 71.3 Å². The fraction of sp³-hybridized carbons (Fsp3) is 0.552. The standard InChI is InChI=1S/C29H36N2O6/c1-19-10-11-20(2)21(18-19)30-15-8-13-29-22(23-27(35)36-17-9-12-28(23,3)37-29)25(33)31(24(29)26(30)34)14-6-4-5-7-16-32/h8-13,18,22-24,32H,4-7,14-17H2,1-3H3/t22-,23-,24?,28+,29-/m0/s1. The minimum Gasteiger partial charge on any atom is -0.461 e. The second-order valence-corrected chi connectivity index (χ2v) is 10.8. The molecule has 198 valence electrons. The van der Waals surface area contributed by atoms with E-state index in [-0.39, 0.29) is 25.0 Å². The number of fused-ring (bicyclic) bond motifs is 2. The number of cyclic esters (lactones) is 1. The summed E-state index contributed by atoms with van der Waals surface area (Å²) in [5.41, 5.74) is 0.487. The zero-order valence-corrected chi connectivity index (χ0v) is 21.8. The molecule has 1 aromatic rings. The van der Waals surface area contributed by atoms with Crippen LogP contribution < -0.4 is 4.90 Å². The summed E-state index contributed by atoms with van der Waals surface area (Å²) < 4.78 is 12.2. The van der Waals surface area contributed by atoms with Crippen molar-refractivity contribution in [1.82, 2.24) is 4.90 Å². The van der Waals surface area contributed by atoms with E-state index in [4.69, 9.17) is 14.6 Å². The van der Waals surface area contributed by atoms with Crippen LogP contribution in [0.3, 0.4) is 0 Å². The molecule has 2 fully saturated rings. The minimum absolute atomic E-state index is 0.133. The van der Waals surface area contributed by atoms with Crippen molar-refractivity contribution < 1.29 is 29.0 Å². The molecule has 5 rings (SSSR count). The summed E-state index contributed by atoms with van der Waals surface area (Å²) in [5, 5.41) is 9.12. The number of unbranched alkanes of at least 4 members (excludes halogenated alkanes) is 3. The molecule has 0 aromatic heterocycles. The molecule has 2 amide bonds. The van der Waals surface area contributed by atoms with Crippen LogP contribution in [0.2, 0.25) is 0 Å². The Kier molecular flexibility index (Phi) is 6.75. The number of aliphatic hydroxyl groups excluding tert-OH is 1. The number of hydrogen-bond donors (Lipinski definition) is 1. The van der Waals surface area contributed by atoms with Crippen molar-refractivity contribution in [3.05, 3.63) is 53.6 Å². The second-order valence-electron chi connectivity index (χ2n) is 10.8. The Balaban J connectivity index is 1.58. The summed E-state index contributed by atoms with van der Waals surface area (Å²) in [6.45, 7) is 6.76. The Hall–Kier alpha value is -2.97. The average molecular weight is 509 g/mol. The van der Waals surface area contributed by atoms with Gasteiger partial charge in [-0.25, -0.2) is 0 Å². The number of ether oxygens (including phenoxy) is 2. The smallest absolute Gasteiger partial charge is 0.313 e. The van der Waals surface area contributed by atoms with Crippen molar-refractivity contribution in [1.29, 1.82) is 0 Å². The number of nitrogens with zero attached hydrogens (tertiary/aromatic N) is 2. The molecule has 0 radical (unpaired) electrons. The molecule has 1 unspecified atom stereocenters. The Morgan fingerprint density at radius 3 is 2.57 bits per heavy atom. The van der Waals surface area contributed by atoms with Gasteiger partial charge in [0.05, 0.1) is 11.5 Å². The summed E-state index contributed by atoms with van der Waals surface area (Å²) in [7, 11) is 0. The predicted molar refractivity (Wildman–Crippen MR) is 138 cm³/mol. The number of likely N-dealkylation sites (tertiary alicyclic amines) is 1. The Bertz CT molecular complexity index is 1160. The van der Waals surface area contributed by atoms with Crippen molar-refractivity contribution in [2.24, 2.45) is 11.8 Å². The summed E-state index contributed by atoms with van der Waals surface area (Å²) in [4.78, 5) is 45.1. The maximum absolute atomic E-state index is 14.4. The fourth-order valence-corrected chi connectivity index (χ4v) is 6.57. The van der Waals surface area contributed by atoms with E-state index in [1.807, 2.05) is 57.2 Å². The maximum Gasteiger partial charge on any atom is 0.313 e. The molecule has 8 heteroatoms. The van der Waals surface area contributed by atoms with Gasteiger partial charge in [0, 0.05) is 25.4 Å². The number of rotatable bonds is 7. The van der Waals surface area contributed by atoms with Gasteiger partial charge in [0.25, 0.3) is 5.91 Å². The van der Waals surface area contributed by atoms with Crippen molar-refractivity contribution in [2.45, 2.75) is 63.7 Å². The summed E-state index contributed by atoms with van der Waals surface area (Å²) in [5.74, 6) is -2.61. The van der Waals surface area contributed by atoms with E-state index >= 15 is 0 Å². The van der Waals surface area contributed by atoms with Crippen LogP contribution in [0.15, 0.2) is 42.5 Å². The van der Waals surface area contributed by atoms with Gasteiger partial charge in [0.2, 0.25) is 5.91 Å². The van der Waals surface area contributed by atoms with Crippen LogP contribution in [0.25, 0.3) is 0 Å². The van der Waals surface area contributed by atoms with Gasteiger partial charge in [-0.2, -0.15) is 0 Å². The van der Waals surface area contributed by atoms with Crippen molar-refractivity contribution in [3.63, 3.8) is 0 Å². The third-order valence-corrected chi connectivity index (χ3v) is 8.28. The zero-order chi connectivity index (χ0) is 26.4. The fourth-order valence-electron chi connectivity index (χ4n) is 6.57. The van der Waals surface area contributed by atoms with E-state index < -0.39 is 35.0 Å². The molecule has 2 saturated heterocycles. The van der Waals surface area contributed by atoms with Gasteiger partial charge in [0.1, 0.15) is 24.2 Å². The molecule has 0 bridgehead atoms. The molecule has 8 nitrogen and oxygen atoms in total. The van der Waals surface area contributed by atoms with Crippen LogP contribution in [-0.2, 0) is 23.9 Å². The minimum atomic E-state index is -1.27. The van der Waals surface area contributed by atoms with Crippen molar-refractivity contribution in [3.8, 4) is 0 Å². The lowest BCUT2D eigenvalue weighted by molar-refractivity contribution is -0.156. The molecule has 37 heavy (non-hydrogen) atoms. The molecule has 4 heterocycles. The average Bonchev–Trinajstić information content (AvgIpc) is 3.11. The van der Waals surface area contributed by atoms with E-state index in [1.54, 1.807) is 15.9 Å². The monoisotopic (exact) mass is 508 g/mol. The number of aryl methyl sites for hydroxylation is 2. The third-order valence-electron chi connectivity index (χ3n) is 8.28. The SMILES string of the molecule is Cc1ccc(C)c(N2CC=C[C@]34O[C@]5(C)C=CCOC(=O)[C@@H]5[C@H]3C(=O)N(CCCCCCO)C4C2=O)c1.